The zero-order chi connectivity index (χ0) is 25.1. The average molecular weight is 471 g/mol. The van der Waals surface area contributed by atoms with Gasteiger partial charge in [-0.2, -0.15) is 10.1 Å². The van der Waals surface area contributed by atoms with Crippen molar-refractivity contribution in [2.45, 2.75) is 27.7 Å². The van der Waals surface area contributed by atoms with Crippen LogP contribution in [0.2, 0.25) is 0 Å². The number of rotatable bonds is 7. The summed E-state index contributed by atoms with van der Waals surface area (Å²) in [5.74, 6) is -0.432. The molecule has 4 rings (SSSR count). The number of aromatic nitrogens is 2. The number of hydrogen-bond donors (Lipinski definition) is 1. The van der Waals surface area contributed by atoms with Gasteiger partial charge in [-0.3, -0.25) is 19.5 Å². The molecular formula is C27H26N4O4. The molecule has 1 N–H and O–H groups in total. The zero-order valence-electron chi connectivity index (χ0n) is 20.0. The van der Waals surface area contributed by atoms with Crippen LogP contribution < -0.4 is 15.3 Å². The van der Waals surface area contributed by atoms with Gasteiger partial charge in [0, 0.05) is 6.92 Å². The van der Waals surface area contributed by atoms with Gasteiger partial charge in [0.1, 0.15) is 11.3 Å². The van der Waals surface area contributed by atoms with Crippen LogP contribution in [0.15, 0.2) is 76.2 Å². The molecule has 2 aromatic carbocycles. The molecule has 178 valence electrons. The number of carbonyl (C=O) groups is 2. The van der Waals surface area contributed by atoms with E-state index in [1.165, 1.54) is 22.7 Å². The second-order valence-electron chi connectivity index (χ2n) is 8.16. The Labute approximate surface area is 202 Å². The molecule has 8 nitrogen and oxygen atoms in total. The molecule has 0 spiro atoms. The molecule has 1 aliphatic rings. The topological polar surface area (TPSA) is 96.8 Å². The van der Waals surface area contributed by atoms with Gasteiger partial charge in [-0.05, 0) is 57.2 Å². The fourth-order valence-electron chi connectivity index (χ4n) is 3.63. The van der Waals surface area contributed by atoms with Gasteiger partial charge in [-0.25, -0.2) is 4.68 Å². The maximum Gasteiger partial charge on any atom is 0.282 e. The quantitative estimate of drug-likeness (QED) is 0.526. The molecule has 0 bridgehead atoms. The molecule has 1 aliphatic heterocycles. The molecule has 0 aliphatic carbocycles. The lowest BCUT2D eigenvalue weighted by molar-refractivity contribution is -0.115. The standard InChI is InChI=1S/C27H26N4O4/c1-5-35-25-23(27(34)31(29-25)21-15-11-18(3)12-16-21)8-6-7-22-24(19(4)32)28-30(26(22)33)20-13-9-17(2)10-14-20/h6-16,29H,5H2,1-4H3/b8-6+,22-7+. The first-order valence-corrected chi connectivity index (χ1v) is 11.2. The Bertz CT molecular complexity index is 1420. The molecule has 0 unspecified atom stereocenters. The van der Waals surface area contributed by atoms with Crippen LogP contribution in [0.1, 0.15) is 30.5 Å². The van der Waals surface area contributed by atoms with Crippen molar-refractivity contribution < 1.29 is 14.3 Å². The lowest BCUT2D eigenvalue weighted by Gasteiger charge is -2.11. The van der Waals surface area contributed by atoms with Crippen LogP contribution in [-0.2, 0) is 9.59 Å². The Morgan fingerprint density at radius 1 is 1.00 bits per heavy atom. The summed E-state index contributed by atoms with van der Waals surface area (Å²) in [5, 5.41) is 8.44. The summed E-state index contributed by atoms with van der Waals surface area (Å²) in [7, 11) is 0. The van der Waals surface area contributed by atoms with Crippen LogP contribution in [0.3, 0.4) is 0 Å². The molecule has 1 amide bonds. The highest BCUT2D eigenvalue weighted by atomic mass is 16.5. The molecule has 35 heavy (non-hydrogen) atoms. The number of anilines is 1. The van der Waals surface area contributed by atoms with E-state index in [9.17, 15) is 14.4 Å². The summed E-state index contributed by atoms with van der Waals surface area (Å²) in [6.45, 7) is 7.46. The second kappa shape index (κ2) is 9.80. The lowest BCUT2D eigenvalue weighted by atomic mass is 10.1. The third-order valence-corrected chi connectivity index (χ3v) is 5.49. The smallest absolute Gasteiger partial charge is 0.282 e. The Morgan fingerprint density at radius 2 is 1.60 bits per heavy atom. The molecular weight excluding hydrogens is 444 g/mol. The number of nitrogens with zero attached hydrogens (tertiary/aromatic N) is 3. The second-order valence-corrected chi connectivity index (χ2v) is 8.16. The number of hydrogen-bond acceptors (Lipinski definition) is 5. The molecule has 0 saturated carbocycles. The van der Waals surface area contributed by atoms with Crippen LogP contribution in [-0.4, -0.2) is 33.8 Å². The van der Waals surface area contributed by atoms with Gasteiger partial charge in [0.2, 0.25) is 5.88 Å². The minimum atomic E-state index is -0.417. The number of allylic oxidation sites excluding steroid dienone is 2. The van der Waals surface area contributed by atoms with Crippen LogP contribution in [0.4, 0.5) is 5.69 Å². The monoisotopic (exact) mass is 470 g/mol. The van der Waals surface area contributed by atoms with Crippen LogP contribution >= 0.6 is 0 Å². The molecule has 3 aromatic rings. The Hall–Kier alpha value is -4.46. The van der Waals surface area contributed by atoms with Crippen molar-refractivity contribution in [1.82, 2.24) is 9.78 Å². The zero-order valence-corrected chi connectivity index (χ0v) is 20.0. The van der Waals surface area contributed by atoms with Crippen molar-refractivity contribution in [1.29, 1.82) is 0 Å². The molecule has 0 atom stereocenters. The van der Waals surface area contributed by atoms with Crippen LogP contribution in [0, 0.1) is 13.8 Å². The van der Waals surface area contributed by atoms with E-state index in [-0.39, 0.29) is 22.6 Å². The van der Waals surface area contributed by atoms with Crippen molar-refractivity contribution >= 4 is 29.2 Å². The Morgan fingerprint density at radius 3 is 2.17 bits per heavy atom. The number of amides is 1. The molecule has 2 heterocycles. The molecule has 8 heteroatoms. The van der Waals surface area contributed by atoms with Gasteiger partial charge >= 0.3 is 0 Å². The number of nitrogens with one attached hydrogen (secondary N) is 1. The first kappa shape index (κ1) is 23.7. The maximum atomic E-state index is 13.1. The van der Waals surface area contributed by atoms with Crippen molar-refractivity contribution in [3.05, 3.63) is 93.3 Å². The number of benzene rings is 2. The Kier molecular flexibility index (Phi) is 6.64. The van der Waals surface area contributed by atoms with Crippen molar-refractivity contribution in [2.75, 3.05) is 11.6 Å². The largest absolute Gasteiger partial charge is 0.478 e. The third kappa shape index (κ3) is 4.77. The van der Waals surface area contributed by atoms with Gasteiger partial charge < -0.3 is 4.74 Å². The van der Waals surface area contributed by atoms with Crippen molar-refractivity contribution in [3.63, 3.8) is 0 Å². The first-order valence-electron chi connectivity index (χ1n) is 11.2. The summed E-state index contributed by atoms with van der Waals surface area (Å²) in [4.78, 5) is 38.4. The minimum absolute atomic E-state index is 0.0661. The number of ketones is 1. The van der Waals surface area contributed by atoms with Gasteiger partial charge in [0.15, 0.2) is 5.78 Å². The number of carbonyl (C=O) groups excluding carboxylic acids is 2. The van der Waals surface area contributed by atoms with E-state index < -0.39 is 5.91 Å². The number of hydrazone groups is 1. The first-order chi connectivity index (χ1) is 16.8. The number of H-pyrrole nitrogens is 1. The molecule has 1 aromatic heterocycles. The Balaban J connectivity index is 1.68. The molecule has 0 fully saturated rings. The summed E-state index contributed by atoms with van der Waals surface area (Å²) in [5.41, 5.74) is 3.58. The van der Waals surface area contributed by atoms with E-state index in [1.807, 2.05) is 57.2 Å². The van der Waals surface area contributed by atoms with Crippen LogP contribution in [0.5, 0.6) is 5.88 Å². The molecule has 0 radical (unpaired) electrons. The summed E-state index contributed by atoms with van der Waals surface area (Å²) in [6.07, 6.45) is 4.60. The third-order valence-electron chi connectivity index (χ3n) is 5.49. The predicted octanol–water partition coefficient (Wildman–Crippen LogP) is 4.11. The van der Waals surface area contributed by atoms with E-state index in [0.717, 1.165) is 11.1 Å². The maximum absolute atomic E-state index is 13.1. The molecule has 0 saturated heterocycles. The number of ether oxygens (including phenoxy) is 1. The van der Waals surface area contributed by atoms with Gasteiger partial charge in [0.25, 0.3) is 11.5 Å². The normalized spacial score (nSPS) is 14.7. The lowest BCUT2D eigenvalue weighted by Crippen LogP contribution is -2.21. The minimum Gasteiger partial charge on any atom is -0.478 e. The van der Waals surface area contributed by atoms with E-state index in [0.29, 0.717) is 29.4 Å². The number of aromatic amines is 1. The van der Waals surface area contributed by atoms with E-state index in [2.05, 4.69) is 10.2 Å². The number of Topliss-reactive ketones (excluding diaryl/α,β-unsaturated/α-hetero) is 1. The van der Waals surface area contributed by atoms with Gasteiger partial charge in [-0.1, -0.05) is 41.5 Å². The number of aryl methyl sites for hydroxylation is 2. The van der Waals surface area contributed by atoms with Gasteiger partial charge in [0.05, 0.1) is 23.6 Å². The fourth-order valence-corrected chi connectivity index (χ4v) is 3.63. The average Bonchev–Trinajstić information content (AvgIpc) is 3.32. The predicted molar refractivity (Wildman–Crippen MR) is 136 cm³/mol. The fraction of sp³-hybridized carbons (Fsp3) is 0.185. The summed E-state index contributed by atoms with van der Waals surface area (Å²) < 4.78 is 7.03. The van der Waals surface area contributed by atoms with Crippen molar-refractivity contribution in [2.24, 2.45) is 5.10 Å². The highest BCUT2D eigenvalue weighted by Crippen LogP contribution is 2.25. The summed E-state index contributed by atoms with van der Waals surface area (Å²) in [6, 6.07) is 14.8. The SMILES string of the molecule is CCOc1[nH]n(-c2ccc(C)cc2)c(=O)c1/C=C/C=C1/C(=O)N(c2ccc(C)cc2)N=C1C(C)=O. The van der Waals surface area contributed by atoms with E-state index >= 15 is 0 Å². The van der Waals surface area contributed by atoms with E-state index in [4.69, 9.17) is 4.74 Å². The van der Waals surface area contributed by atoms with E-state index in [1.54, 1.807) is 24.3 Å². The highest BCUT2D eigenvalue weighted by Gasteiger charge is 2.33. The summed E-state index contributed by atoms with van der Waals surface area (Å²) >= 11 is 0. The van der Waals surface area contributed by atoms with Gasteiger partial charge in [-0.15, -0.1) is 0 Å². The highest BCUT2D eigenvalue weighted by molar-refractivity contribution is 6.54. The van der Waals surface area contributed by atoms with Crippen LogP contribution in [0.25, 0.3) is 11.8 Å². The van der Waals surface area contributed by atoms with Crippen molar-refractivity contribution in [3.8, 4) is 11.6 Å².